The lowest BCUT2D eigenvalue weighted by atomic mass is 9.84. The molecule has 0 amide bonds. The third-order valence-electron chi connectivity index (χ3n) is 4.17. The molecule has 0 bridgehead atoms. The maximum absolute atomic E-state index is 5.80. The minimum absolute atomic E-state index is 0.145. The number of aromatic nitrogens is 2. The van der Waals surface area contributed by atoms with Gasteiger partial charge < -0.3 is 4.74 Å². The number of nitrogens with zero attached hydrogens (tertiary/aromatic N) is 2. The van der Waals surface area contributed by atoms with Crippen molar-refractivity contribution in [2.45, 2.75) is 51.1 Å². The molecule has 1 unspecified atom stereocenters. The van der Waals surface area contributed by atoms with Crippen LogP contribution >= 0.6 is 15.9 Å². The van der Waals surface area contributed by atoms with Crippen LogP contribution in [-0.4, -0.2) is 23.5 Å². The van der Waals surface area contributed by atoms with Crippen LogP contribution in [0, 0.1) is 5.92 Å². The molecule has 1 aliphatic rings. The van der Waals surface area contributed by atoms with Crippen LogP contribution in [-0.2, 0) is 11.3 Å². The van der Waals surface area contributed by atoms with Crippen molar-refractivity contribution >= 4 is 15.9 Å². The Kier molecular flexibility index (Phi) is 6.48. The Morgan fingerprint density at radius 2 is 2.25 bits per heavy atom. The van der Waals surface area contributed by atoms with Crippen LogP contribution in [0.3, 0.4) is 0 Å². The normalized spacial score (nSPS) is 18.4. The molecule has 0 spiro atoms. The fourth-order valence-corrected chi connectivity index (χ4v) is 3.66. The highest BCUT2D eigenvalue weighted by molar-refractivity contribution is 9.10. The standard InChI is InChI=1S/C14H25BrN4O/c1-20-8-7-19-14(12(15)10-17-19)13(18-16)9-11-5-3-2-4-6-11/h10-11,13,18H,2-9,16H2,1H3. The number of halogens is 1. The second-order valence-electron chi connectivity index (χ2n) is 5.55. The van der Waals surface area contributed by atoms with E-state index >= 15 is 0 Å². The summed E-state index contributed by atoms with van der Waals surface area (Å²) in [4.78, 5) is 0. The monoisotopic (exact) mass is 344 g/mol. The van der Waals surface area contributed by atoms with Crippen LogP contribution in [0.15, 0.2) is 10.7 Å². The number of hydrogen-bond acceptors (Lipinski definition) is 4. The van der Waals surface area contributed by atoms with Crippen molar-refractivity contribution in [1.29, 1.82) is 0 Å². The summed E-state index contributed by atoms with van der Waals surface area (Å²) < 4.78 is 8.15. The van der Waals surface area contributed by atoms with E-state index in [-0.39, 0.29) is 6.04 Å². The Bertz CT molecular complexity index is 404. The molecule has 2 rings (SSSR count). The summed E-state index contributed by atoms with van der Waals surface area (Å²) in [7, 11) is 1.71. The average Bonchev–Trinajstić information content (AvgIpc) is 2.84. The highest BCUT2D eigenvalue weighted by atomic mass is 79.9. The zero-order valence-electron chi connectivity index (χ0n) is 12.1. The van der Waals surface area contributed by atoms with Gasteiger partial charge in [0.1, 0.15) is 0 Å². The third-order valence-corrected chi connectivity index (χ3v) is 4.78. The number of hydrazine groups is 1. The number of rotatable bonds is 7. The van der Waals surface area contributed by atoms with Crippen LogP contribution in [0.2, 0.25) is 0 Å². The Labute approximate surface area is 129 Å². The quantitative estimate of drug-likeness (QED) is 0.589. The predicted octanol–water partition coefficient (Wildman–Crippen LogP) is 2.77. The van der Waals surface area contributed by atoms with Gasteiger partial charge in [-0.25, -0.2) is 0 Å². The van der Waals surface area contributed by atoms with Crippen molar-refractivity contribution in [3.63, 3.8) is 0 Å². The van der Waals surface area contributed by atoms with Crippen LogP contribution in [0.4, 0.5) is 0 Å². The summed E-state index contributed by atoms with van der Waals surface area (Å²) in [6.07, 6.45) is 9.65. The van der Waals surface area contributed by atoms with E-state index in [1.807, 2.05) is 10.9 Å². The molecular weight excluding hydrogens is 320 g/mol. The highest BCUT2D eigenvalue weighted by Gasteiger charge is 2.24. The van der Waals surface area contributed by atoms with Crippen molar-refractivity contribution in [2.24, 2.45) is 11.8 Å². The van der Waals surface area contributed by atoms with Crippen LogP contribution < -0.4 is 11.3 Å². The van der Waals surface area contributed by atoms with Gasteiger partial charge in [-0.3, -0.25) is 16.0 Å². The van der Waals surface area contributed by atoms with Gasteiger partial charge in [-0.2, -0.15) is 5.10 Å². The zero-order chi connectivity index (χ0) is 14.4. The van der Waals surface area contributed by atoms with Gasteiger partial charge in [0, 0.05) is 7.11 Å². The van der Waals surface area contributed by atoms with Crippen molar-refractivity contribution in [3.8, 4) is 0 Å². The maximum Gasteiger partial charge on any atom is 0.0710 e. The first-order valence-electron chi connectivity index (χ1n) is 7.42. The van der Waals surface area contributed by atoms with Crippen molar-refractivity contribution < 1.29 is 4.74 Å². The van der Waals surface area contributed by atoms with Gasteiger partial charge in [-0.1, -0.05) is 32.1 Å². The molecule has 114 valence electrons. The van der Waals surface area contributed by atoms with Crippen molar-refractivity contribution in [3.05, 3.63) is 16.4 Å². The Balaban J connectivity index is 2.07. The molecule has 1 fully saturated rings. The second-order valence-corrected chi connectivity index (χ2v) is 6.41. The van der Waals surface area contributed by atoms with Crippen LogP contribution in [0.1, 0.15) is 50.3 Å². The van der Waals surface area contributed by atoms with Gasteiger partial charge in [0.05, 0.1) is 35.6 Å². The zero-order valence-corrected chi connectivity index (χ0v) is 13.7. The van der Waals surface area contributed by atoms with Crippen molar-refractivity contribution in [2.75, 3.05) is 13.7 Å². The SMILES string of the molecule is COCCn1ncc(Br)c1C(CC1CCCCC1)NN. The number of hydrogen-bond donors (Lipinski definition) is 2. The minimum Gasteiger partial charge on any atom is -0.383 e. The van der Waals surface area contributed by atoms with E-state index in [4.69, 9.17) is 10.6 Å². The molecule has 3 N–H and O–H groups in total. The lowest BCUT2D eigenvalue weighted by molar-refractivity contribution is 0.180. The van der Waals surface area contributed by atoms with Crippen LogP contribution in [0.5, 0.6) is 0 Å². The maximum atomic E-state index is 5.80. The Morgan fingerprint density at radius 1 is 1.50 bits per heavy atom. The molecule has 1 saturated carbocycles. The molecule has 1 atom stereocenters. The smallest absolute Gasteiger partial charge is 0.0710 e. The van der Waals surface area contributed by atoms with Gasteiger partial charge in [0.2, 0.25) is 0 Å². The second kappa shape index (κ2) is 8.12. The molecule has 1 aliphatic carbocycles. The van der Waals surface area contributed by atoms with Gasteiger partial charge in [-0.15, -0.1) is 0 Å². The summed E-state index contributed by atoms with van der Waals surface area (Å²) >= 11 is 3.60. The van der Waals surface area contributed by atoms with E-state index in [9.17, 15) is 0 Å². The van der Waals surface area contributed by atoms with E-state index in [0.29, 0.717) is 6.61 Å². The molecule has 5 nitrogen and oxygen atoms in total. The topological polar surface area (TPSA) is 65.1 Å². The van der Waals surface area contributed by atoms with E-state index in [2.05, 4.69) is 26.5 Å². The van der Waals surface area contributed by atoms with E-state index in [1.54, 1.807) is 7.11 Å². The average molecular weight is 345 g/mol. The number of nitrogens with one attached hydrogen (secondary N) is 1. The summed E-state index contributed by atoms with van der Waals surface area (Å²) in [5, 5.41) is 4.41. The van der Waals surface area contributed by atoms with Gasteiger partial charge in [-0.05, 0) is 28.3 Å². The van der Waals surface area contributed by atoms with E-state index < -0.39 is 0 Å². The van der Waals surface area contributed by atoms with E-state index in [1.165, 1.54) is 32.1 Å². The summed E-state index contributed by atoms with van der Waals surface area (Å²) in [5.41, 5.74) is 4.11. The van der Waals surface area contributed by atoms with E-state index in [0.717, 1.165) is 29.1 Å². The fraction of sp³-hybridized carbons (Fsp3) is 0.786. The van der Waals surface area contributed by atoms with Gasteiger partial charge >= 0.3 is 0 Å². The Hall–Kier alpha value is -0.430. The molecule has 1 aromatic heterocycles. The largest absolute Gasteiger partial charge is 0.383 e. The van der Waals surface area contributed by atoms with Crippen molar-refractivity contribution in [1.82, 2.24) is 15.2 Å². The number of ether oxygens (including phenoxy) is 1. The number of methoxy groups -OCH3 is 1. The molecule has 0 aromatic carbocycles. The first-order chi connectivity index (χ1) is 9.76. The lowest BCUT2D eigenvalue weighted by Crippen LogP contribution is -2.32. The first kappa shape index (κ1) is 15.9. The molecule has 1 aromatic rings. The highest BCUT2D eigenvalue weighted by Crippen LogP contribution is 2.33. The fourth-order valence-electron chi connectivity index (χ4n) is 3.09. The minimum atomic E-state index is 0.145. The molecule has 1 heterocycles. The summed E-state index contributed by atoms with van der Waals surface area (Å²) in [5.74, 6) is 6.57. The molecule has 0 radical (unpaired) electrons. The Morgan fingerprint density at radius 3 is 2.90 bits per heavy atom. The molecule has 0 saturated heterocycles. The number of nitrogens with two attached hydrogens (primary N) is 1. The predicted molar refractivity (Wildman–Crippen MR) is 83.1 cm³/mol. The summed E-state index contributed by atoms with van der Waals surface area (Å²) in [6, 6.07) is 0.145. The summed E-state index contributed by atoms with van der Waals surface area (Å²) in [6.45, 7) is 1.40. The van der Waals surface area contributed by atoms with Gasteiger partial charge in [0.15, 0.2) is 0 Å². The molecule has 6 heteroatoms. The lowest BCUT2D eigenvalue weighted by Gasteiger charge is -2.27. The van der Waals surface area contributed by atoms with Crippen LogP contribution in [0.25, 0.3) is 0 Å². The molecule has 20 heavy (non-hydrogen) atoms. The first-order valence-corrected chi connectivity index (χ1v) is 8.21. The molecule has 0 aliphatic heterocycles. The third kappa shape index (κ3) is 4.04. The molecular formula is C14H25BrN4O. The van der Waals surface area contributed by atoms with Gasteiger partial charge in [0.25, 0.3) is 0 Å².